The smallest absolute Gasteiger partial charge is 0.390 e. The molecule has 2 aromatic rings. The molecule has 0 bridgehead atoms. The van der Waals surface area contributed by atoms with Gasteiger partial charge >= 0.3 is 11.5 Å². The Bertz CT molecular complexity index is 890. The molecule has 0 spiro atoms. The molecule has 10 heteroatoms. The molecule has 1 fully saturated rings. The first-order valence-corrected chi connectivity index (χ1v) is 9.07. The number of amides is 3. The maximum Gasteiger partial charge on any atom is 0.446 e. The Morgan fingerprint density at radius 2 is 1.93 bits per heavy atom. The Kier molecular flexibility index (Phi) is 5.61. The number of carbonyl (C=O) groups excluding carboxylic acids is 2. The Morgan fingerprint density at radius 1 is 1.25 bits per heavy atom. The molecule has 28 heavy (non-hydrogen) atoms. The number of carbonyl (C=O) groups is 2. The van der Waals surface area contributed by atoms with Gasteiger partial charge in [-0.3, -0.25) is 9.78 Å². The zero-order valence-electron chi connectivity index (χ0n) is 14.6. The SMILES string of the molecule is CC(c1ccnc(CO)c1)C1NC(=O)N(c2ccc(SC(F)(F)F)cc2)C1=O. The van der Waals surface area contributed by atoms with Crippen LogP contribution in [-0.2, 0) is 11.4 Å². The van der Waals surface area contributed by atoms with Crippen molar-refractivity contribution in [1.82, 2.24) is 10.3 Å². The second-order valence-electron chi connectivity index (χ2n) is 6.17. The largest absolute Gasteiger partial charge is 0.446 e. The van der Waals surface area contributed by atoms with Gasteiger partial charge in [-0.2, -0.15) is 13.2 Å². The van der Waals surface area contributed by atoms with E-state index in [1.807, 2.05) is 0 Å². The molecule has 2 N–H and O–H groups in total. The van der Waals surface area contributed by atoms with Crippen molar-refractivity contribution < 1.29 is 27.9 Å². The van der Waals surface area contributed by atoms with Crippen molar-refractivity contribution in [3.63, 3.8) is 0 Å². The number of hydrogen-bond acceptors (Lipinski definition) is 5. The van der Waals surface area contributed by atoms with Gasteiger partial charge in [0.1, 0.15) is 6.04 Å². The van der Waals surface area contributed by atoms with E-state index in [9.17, 15) is 27.9 Å². The number of urea groups is 1. The number of nitrogens with zero attached hydrogens (tertiary/aromatic N) is 2. The number of aromatic nitrogens is 1. The van der Waals surface area contributed by atoms with Gasteiger partial charge in [0, 0.05) is 17.0 Å². The van der Waals surface area contributed by atoms with Crippen LogP contribution in [-0.4, -0.2) is 33.6 Å². The number of imide groups is 1. The number of halogens is 3. The van der Waals surface area contributed by atoms with Crippen molar-refractivity contribution in [3.8, 4) is 0 Å². The topological polar surface area (TPSA) is 82.5 Å². The zero-order chi connectivity index (χ0) is 20.5. The third kappa shape index (κ3) is 4.28. The summed E-state index contributed by atoms with van der Waals surface area (Å²) in [6, 6.07) is 6.87. The highest BCUT2D eigenvalue weighted by Gasteiger charge is 2.42. The molecule has 6 nitrogen and oxygen atoms in total. The van der Waals surface area contributed by atoms with Crippen LogP contribution in [0.3, 0.4) is 0 Å². The standard InChI is InChI=1S/C18H16F3N3O3S/c1-10(11-6-7-22-12(8-11)9-25)15-16(26)24(17(27)23-15)13-2-4-14(5-3-13)28-18(19,20)21/h2-8,10,15,25H,9H2,1H3,(H,23,27). The highest BCUT2D eigenvalue weighted by atomic mass is 32.2. The van der Waals surface area contributed by atoms with E-state index in [1.165, 1.54) is 30.5 Å². The van der Waals surface area contributed by atoms with Crippen molar-refractivity contribution in [2.75, 3.05) is 4.90 Å². The monoisotopic (exact) mass is 411 g/mol. The predicted molar refractivity (Wildman–Crippen MR) is 96.7 cm³/mol. The lowest BCUT2D eigenvalue weighted by molar-refractivity contribution is -0.118. The fourth-order valence-electron chi connectivity index (χ4n) is 2.94. The van der Waals surface area contributed by atoms with Gasteiger partial charge in [-0.05, 0) is 53.7 Å². The summed E-state index contributed by atoms with van der Waals surface area (Å²) in [5, 5.41) is 11.8. The molecule has 1 aromatic heterocycles. The molecule has 3 amide bonds. The zero-order valence-corrected chi connectivity index (χ0v) is 15.4. The lowest BCUT2D eigenvalue weighted by Crippen LogP contribution is -2.35. The Balaban J connectivity index is 1.79. The molecule has 1 aromatic carbocycles. The van der Waals surface area contributed by atoms with Crippen LogP contribution in [0.5, 0.6) is 0 Å². The number of nitrogens with one attached hydrogen (secondary N) is 1. The molecule has 3 rings (SSSR count). The maximum atomic E-state index is 12.8. The summed E-state index contributed by atoms with van der Waals surface area (Å²) < 4.78 is 37.3. The van der Waals surface area contributed by atoms with Crippen LogP contribution in [0, 0.1) is 0 Å². The highest BCUT2D eigenvalue weighted by Crippen LogP contribution is 2.37. The molecule has 1 aliphatic rings. The number of thioether (sulfide) groups is 1. The second kappa shape index (κ2) is 7.80. The van der Waals surface area contributed by atoms with E-state index in [4.69, 9.17) is 0 Å². The number of hydrogen-bond donors (Lipinski definition) is 2. The van der Waals surface area contributed by atoms with Crippen LogP contribution in [0.15, 0.2) is 47.5 Å². The van der Waals surface area contributed by atoms with Crippen molar-refractivity contribution >= 4 is 29.4 Å². The van der Waals surface area contributed by atoms with Crippen LogP contribution in [0.25, 0.3) is 0 Å². The number of pyridine rings is 1. The molecular weight excluding hydrogens is 395 g/mol. The maximum absolute atomic E-state index is 12.8. The minimum absolute atomic E-state index is 0.0402. The molecule has 0 saturated carbocycles. The molecule has 1 saturated heterocycles. The number of anilines is 1. The Hall–Kier alpha value is -2.59. The number of alkyl halides is 3. The van der Waals surface area contributed by atoms with E-state index >= 15 is 0 Å². The number of benzene rings is 1. The van der Waals surface area contributed by atoms with Gasteiger partial charge in [0.2, 0.25) is 0 Å². The van der Waals surface area contributed by atoms with E-state index in [0.29, 0.717) is 5.69 Å². The molecule has 0 radical (unpaired) electrons. The average molecular weight is 411 g/mol. The lowest BCUT2D eigenvalue weighted by Gasteiger charge is -2.18. The first-order chi connectivity index (χ1) is 13.2. The van der Waals surface area contributed by atoms with Gasteiger partial charge in [0.05, 0.1) is 18.0 Å². The van der Waals surface area contributed by atoms with Gasteiger partial charge in [-0.25, -0.2) is 9.69 Å². The van der Waals surface area contributed by atoms with Gasteiger partial charge in [-0.15, -0.1) is 0 Å². The second-order valence-corrected chi connectivity index (χ2v) is 7.31. The Morgan fingerprint density at radius 3 is 2.54 bits per heavy atom. The van der Waals surface area contributed by atoms with Crippen molar-refractivity contribution in [3.05, 3.63) is 53.9 Å². The van der Waals surface area contributed by atoms with E-state index in [1.54, 1.807) is 19.1 Å². The molecule has 2 atom stereocenters. The van der Waals surface area contributed by atoms with E-state index in [0.717, 1.165) is 10.5 Å². The molecule has 1 aliphatic heterocycles. The van der Waals surface area contributed by atoms with Crippen molar-refractivity contribution in [1.29, 1.82) is 0 Å². The minimum atomic E-state index is -4.42. The Labute approximate surface area is 162 Å². The fraction of sp³-hybridized carbons (Fsp3) is 0.278. The lowest BCUT2D eigenvalue weighted by atomic mass is 9.93. The predicted octanol–water partition coefficient (Wildman–Crippen LogP) is 3.41. The number of aliphatic hydroxyl groups is 1. The van der Waals surface area contributed by atoms with Crippen molar-refractivity contribution in [2.45, 2.75) is 35.9 Å². The van der Waals surface area contributed by atoms with Gasteiger partial charge in [0.15, 0.2) is 0 Å². The summed E-state index contributed by atoms with van der Waals surface area (Å²) in [6.07, 6.45) is 1.51. The van der Waals surface area contributed by atoms with Gasteiger partial charge in [-0.1, -0.05) is 6.92 Å². The summed E-state index contributed by atoms with van der Waals surface area (Å²) in [5.74, 6) is -0.897. The number of aliphatic hydroxyl groups excluding tert-OH is 1. The van der Waals surface area contributed by atoms with Crippen LogP contribution >= 0.6 is 11.8 Å². The van der Waals surface area contributed by atoms with Crippen LogP contribution in [0.2, 0.25) is 0 Å². The fourth-order valence-corrected chi connectivity index (χ4v) is 3.48. The summed E-state index contributed by atoms with van der Waals surface area (Å²) in [5.41, 5.74) is -3.07. The normalized spacial score (nSPS) is 18.3. The summed E-state index contributed by atoms with van der Waals surface area (Å²) in [4.78, 5) is 30.0. The molecule has 2 heterocycles. The number of rotatable bonds is 5. The van der Waals surface area contributed by atoms with E-state index < -0.39 is 29.4 Å². The van der Waals surface area contributed by atoms with Crippen molar-refractivity contribution in [2.24, 2.45) is 0 Å². The average Bonchev–Trinajstić information content (AvgIpc) is 2.95. The van der Waals surface area contributed by atoms with Crippen LogP contribution < -0.4 is 10.2 Å². The molecule has 2 unspecified atom stereocenters. The summed E-state index contributed by atoms with van der Waals surface area (Å²) in [7, 11) is 0. The third-order valence-corrected chi connectivity index (χ3v) is 5.06. The van der Waals surface area contributed by atoms with Crippen LogP contribution in [0.1, 0.15) is 24.1 Å². The third-order valence-electron chi connectivity index (χ3n) is 4.33. The molecular formula is C18H16F3N3O3S. The minimum Gasteiger partial charge on any atom is -0.390 e. The van der Waals surface area contributed by atoms with Crippen LogP contribution in [0.4, 0.5) is 23.7 Å². The molecule has 148 valence electrons. The highest BCUT2D eigenvalue weighted by molar-refractivity contribution is 8.00. The summed E-state index contributed by atoms with van der Waals surface area (Å²) in [6.45, 7) is 1.51. The first kappa shape index (κ1) is 20.2. The quantitative estimate of drug-likeness (QED) is 0.582. The van der Waals surface area contributed by atoms with Gasteiger partial charge < -0.3 is 10.4 Å². The first-order valence-electron chi connectivity index (χ1n) is 8.25. The molecule has 0 aliphatic carbocycles. The summed E-state index contributed by atoms with van der Waals surface area (Å²) >= 11 is -0.271. The van der Waals surface area contributed by atoms with E-state index in [2.05, 4.69) is 10.3 Å². The van der Waals surface area contributed by atoms with E-state index in [-0.39, 0.29) is 29.0 Å². The van der Waals surface area contributed by atoms with Gasteiger partial charge in [0.25, 0.3) is 5.91 Å².